The fraction of sp³-hybridized carbons (Fsp3) is 0.250. The molecule has 0 amide bonds. The van der Waals surface area contributed by atoms with Crippen LogP contribution in [0.1, 0.15) is 12.7 Å². The Kier molecular flexibility index (Phi) is 1.77. The second-order valence-corrected chi connectivity index (χ2v) is 2.80. The maximum atomic E-state index is 10.8. The molecule has 0 atom stereocenters. The highest BCUT2D eigenvalue weighted by atomic mass is 16.1. The zero-order chi connectivity index (χ0) is 9.26. The van der Waals surface area contributed by atoms with Crippen LogP contribution in [0.3, 0.4) is 0 Å². The number of Topliss-reactive ketones (excluding diaryl/α,β-unsaturated/α-hetero) is 1. The lowest BCUT2D eigenvalue weighted by atomic mass is 10.3. The number of carbonyl (C=O) groups excluding carboxylic acids is 1. The third-order valence-electron chi connectivity index (χ3n) is 1.63. The maximum Gasteiger partial charge on any atom is 0.180 e. The average molecular weight is 176 g/mol. The van der Waals surface area contributed by atoms with E-state index in [2.05, 4.69) is 19.9 Å². The van der Waals surface area contributed by atoms with Crippen LogP contribution in [0, 0.1) is 0 Å². The van der Waals surface area contributed by atoms with Gasteiger partial charge in [0.15, 0.2) is 5.65 Å². The van der Waals surface area contributed by atoms with Gasteiger partial charge >= 0.3 is 0 Å². The Labute approximate surface area is 74.2 Å². The van der Waals surface area contributed by atoms with E-state index in [1.54, 1.807) is 12.5 Å². The van der Waals surface area contributed by atoms with E-state index in [4.69, 9.17) is 0 Å². The summed E-state index contributed by atoms with van der Waals surface area (Å²) in [5.74, 6) is 0.571. The SMILES string of the molecule is CC(=O)Cc1ncc2[nH]cnc2n1. The smallest absolute Gasteiger partial charge is 0.180 e. The van der Waals surface area contributed by atoms with Gasteiger partial charge in [-0.15, -0.1) is 0 Å². The van der Waals surface area contributed by atoms with Crippen molar-refractivity contribution in [2.45, 2.75) is 13.3 Å². The number of rotatable bonds is 2. The highest BCUT2D eigenvalue weighted by Crippen LogP contribution is 2.04. The van der Waals surface area contributed by atoms with E-state index in [1.165, 1.54) is 6.92 Å². The van der Waals surface area contributed by atoms with E-state index < -0.39 is 0 Å². The molecule has 0 radical (unpaired) electrons. The van der Waals surface area contributed by atoms with E-state index in [0.717, 1.165) is 5.52 Å². The summed E-state index contributed by atoms with van der Waals surface area (Å²) in [6, 6.07) is 0. The topological polar surface area (TPSA) is 71.5 Å². The van der Waals surface area contributed by atoms with E-state index in [-0.39, 0.29) is 12.2 Å². The van der Waals surface area contributed by atoms with Gasteiger partial charge in [-0.25, -0.2) is 15.0 Å². The molecule has 0 saturated carbocycles. The van der Waals surface area contributed by atoms with Crippen molar-refractivity contribution in [2.24, 2.45) is 0 Å². The van der Waals surface area contributed by atoms with Crippen molar-refractivity contribution < 1.29 is 4.79 Å². The number of ketones is 1. The summed E-state index contributed by atoms with van der Waals surface area (Å²) < 4.78 is 0. The fourth-order valence-corrected chi connectivity index (χ4v) is 1.08. The molecule has 0 spiro atoms. The zero-order valence-electron chi connectivity index (χ0n) is 7.11. The van der Waals surface area contributed by atoms with Gasteiger partial charge in [-0.3, -0.25) is 4.79 Å². The molecule has 13 heavy (non-hydrogen) atoms. The largest absolute Gasteiger partial charge is 0.342 e. The minimum atomic E-state index is 0.0508. The quantitative estimate of drug-likeness (QED) is 0.722. The Balaban J connectivity index is 2.42. The summed E-state index contributed by atoms with van der Waals surface area (Å²) in [5, 5.41) is 0. The number of nitrogens with one attached hydrogen (secondary N) is 1. The summed E-state index contributed by atoms with van der Waals surface area (Å²) in [7, 11) is 0. The van der Waals surface area contributed by atoms with Crippen LogP contribution >= 0.6 is 0 Å². The van der Waals surface area contributed by atoms with Gasteiger partial charge in [0.2, 0.25) is 0 Å². The molecule has 2 heterocycles. The highest BCUT2D eigenvalue weighted by Gasteiger charge is 2.03. The number of hydrogen-bond donors (Lipinski definition) is 1. The van der Waals surface area contributed by atoms with Crippen molar-refractivity contribution in [3.63, 3.8) is 0 Å². The summed E-state index contributed by atoms with van der Waals surface area (Å²) in [4.78, 5) is 25.7. The first-order valence-electron chi connectivity index (χ1n) is 3.90. The van der Waals surface area contributed by atoms with Crippen LogP contribution in [0.2, 0.25) is 0 Å². The maximum absolute atomic E-state index is 10.8. The molecular formula is C8H8N4O. The first-order chi connectivity index (χ1) is 6.25. The average Bonchev–Trinajstić information content (AvgIpc) is 2.49. The molecule has 0 aliphatic rings. The third-order valence-corrected chi connectivity index (χ3v) is 1.63. The second kappa shape index (κ2) is 2.93. The fourth-order valence-electron chi connectivity index (χ4n) is 1.08. The minimum Gasteiger partial charge on any atom is -0.342 e. The zero-order valence-corrected chi connectivity index (χ0v) is 7.11. The lowest BCUT2D eigenvalue weighted by Crippen LogP contribution is -2.01. The Hall–Kier alpha value is -1.78. The lowest BCUT2D eigenvalue weighted by Gasteiger charge is -1.94. The van der Waals surface area contributed by atoms with Gasteiger partial charge in [-0.05, 0) is 6.92 Å². The number of hydrogen-bond acceptors (Lipinski definition) is 4. The molecule has 2 aromatic heterocycles. The summed E-state index contributed by atoms with van der Waals surface area (Å²) in [6.45, 7) is 1.51. The molecule has 0 aliphatic heterocycles. The first kappa shape index (κ1) is 7.85. The van der Waals surface area contributed by atoms with Crippen LogP contribution in [-0.2, 0) is 11.2 Å². The van der Waals surface area contributed by atoms with E-state index in [9.17, 15) is 4.79 Å². The van der Waals surface area contributed by atoms with Crippen LogP contribution in [0.5, 0.6) is 0 Å². The predicted molar refractivity (Wildman–Crippen MR) is 46.1 cm³/mol. The number of imidazole rings is 1. The number of aromatic nitrogens is 4. The standard InChI is InChI=1S/C8H8N4O/c1-5(13)2-7-9-3-6-8(12-7)11-4-10-6/h3-4H,2H2,1H3,(H,9,10,11,12). The van der Waals surface area contributed by atoms with Crippen LogP contribution < -0.4 is 0 Å². The van der Waals surface area contributed by atoms with Crippen molar-refractivity contribution in [1.82, 2.24) is 19.9 Å². The van der Waals surface area contributed by atoms with Crippen molar-refractivity contribution in [1.29, 1.82) is 0 Å². The highest BCUT2D eigenvalue weighted by molar-refractivity contribution is 5.78. The van der Waals surface area contributed by atoms with Gasteiger partial charge < -0.3 is 4.98 Å². The summed E-state index contributed by atoms with van der Waals surface area (Å²) >= 11 is 0. The molecule has 0 bridgehead atoms. The molecule has 0 aromatic carbocycles. The van der Waals surface area contributed by atoms with Crippen LogP contribution in [0.25, 0.3) is 11.2 Å². The van der Waals surface area contributed by atoms with Gasteiger partial charge in [0, 0.05) is 0 Å². The summed E-state index contributed by atoms with van der Waals surface area (Å²) in [6.07, 6.45) is 3.45. The van der Waals surface area contributed by atoms with Gasteiger partial charge in [0.25, 0.3) is 0 Å². The van der Waals surface area contributed by atoms with Gasteiger partial charge in [-0.2, -0.15) is 0 Å². The van der Waals surface area contributed by atoms with E-state index in [1.807, 2.05) is 0 Å². The van der Waals surface area contributed by atoms with Crippen LogP contribution in [0.15, 0.2) is 12.5 Å². The van der Waals surface area contributed by atoms with Crippen molar-refractivity contribution in [3.05, 3.63) is 18.3 Å². The number of nitrogens with zero attached hydrogens (tertiary/aromatic N) is 3. The number of H-pyrrole nitrogens is 1. The van der Waals surface area contributed by atoms with Gasteiger partial charge in [0.1, 0.15) is 17.1 Å². The van der Waals surface area contributed by atoms with E-state index in [0.29, 0.717) is 11.5 Å². The minimum absolute atomic E-state index is 0.0508. The molecule has 5 nitrogen and oxygen atoms in total. The molecular weight excluding hydrogens is 168 g/mol. The Bertz CT molecular complexity index is 448. The number of aromatic amines is 1. The molecule has 2 aromatic rings. The normalized spacial score (nSPS) is 10.5. The Morgan fingerprint density at radius 2 is 2.38 bits per heavy atom. The Morgan fingerprint density at radius 1 is 1.54 bits per heavy atom. The first-order valence-corrected chi connectivity index (χ1v) is 3.90. The molecule has 0 aliphatic carbocycles. The monoisotopic (exact) mass is 176 g/mol. The predicted octanol–water partition coefficient (Wildman–Crippen LogP) is 0.484. The van der Waals surface area contributed by atoms with Gasteiger partial charge in [-0.1, -0.05) is 0 Å². The summed E-state index contributed by atoms with van der Waals surface area (Å²) in [5.41, 5.74) is 1.39. The molecule has 1 N–H and O–H groups in total. The van der Waals surface area contributed by atoms with Crippen LogP contribution in [0.4, 0.5) is 0 Å². The van der Waals surface area contributed by atoms with Gasteiger partial charge in [0.05, 0.1) is 18.9 Å². The molecule has 0 unspecified atom stereocenters. The molecule has 2 rings (SSSR count). The number of fused-ring (bicyclic) bond motifs is 1. The molecule has 66 valence electrons. The molecule has 0 saturated heterocycles. The van der Waals surface area contributed by atoms with Crippen molar-refractivity contribution in [3.8, 4) is 0 Å². The van der Waals surface area contributed by atoms with Crippen molar-refractivity contribution in [2.75, 3.05) is 0 Å². The Morgan fingerprint density at radius 3 is 3.15 bits per heavy atom. The van der Waals surface area contributed by atoms with E-state index >= 15 is 0 Å². The third kappa shape index (κ3) is 1.53. The van der Waals surface area contributed by atoms with Crippen molar-refractivity contribution >= 4 is 16.9 Å². The van der Waals surface area contributed by atoms with Crippen LogP contribution in [-0.4, -0.2) is 25.7 Å². The second-order valence-electron chi connectivity index (χ2n) is 2.80. The molecule has 0 fully saturated rings. The lowest BCUT2D eigenvalue weighted by molar-refractivity contribution is -0.116. The number of carbonyl (C=O) groups is 1. The molecule has 5 heteroatoms.